The number of fused-ring (bicyclic) bond motifs is 2. The molecule has 4 aromatic heterocycles. The van der Waals surface area contributed by atoms with Crippen molar-refractivity contribution in [1.29, 1.82) is 0 Å². The molecule has 100 heavy (non-hydrogen) atoms. The molecule has 7 rings (SSSR count). The molecule has 0 bridgehead atoms. The van der Waals surface area contributed by atoms with Gasteiger partial charge >= 0.3 is 53.6 Å². The molecule has 546 valence electrons. The highest BCUT2D eigenvalue weighted by molar-refractivity contribution is 6.42. The minimum atomic E-state index is -1.48. The Morgan fingerprint density at radius 1 is 0.580 bits per heavy atom. The molecular formula is C56H74Cl4N20O20. The molecular weight excluding hydrogens is 1410 g/mol. The lowest BCUT2D eigenvalue weighted by Crippen LogP contribution is -2.42. The number of ketones is 1. The summed E-state index contributed by atoms with van der Waals surface area (Å²) in [5.74, 6) is 0.541. The van der Waals surface area contributed by atoms with Crippen LogP contribution in [0.3, 0.4) is 0 Å². The van der Waals surface area contributed by atoms with Crippen molar-refractivity contribution in [3.63, 3.8) is 0 Å². The second-order valence-electron chi connectivity index (χ2n) is 22.8. The number of rotatable bonds is 14. The number of aromatic amines is 2. The average Bonchev–Trinajstić information content (AvgIpc) is 1.60. The Bertz CT molecular complexity index is 4000. The molecule has 0 radical (unpaired) electrons. The number of hydrogen-bond acceptors (Lipinski definition) is 32. The van der Waals surface area contributed by atoms with Crippen LogP contribution in [0.1, 0.15) is 111 Å². The van der Waals surface area contributed by atoms with Crippen LogP contribution in [0.5, 0.6) is 5.75 Å². The molecule has 5 aromatic rings. The van der Waals surface area contributed by atoms with E-state index in [4.69, 9.17) is 56.9 Å². The number of hydrazone groups is 1. The largest absolute Gasteiger partial charge is 0.497 e. The third-order valence-electron chi connectivity index (χ3n) is 13.4. The van der Waals surface area contributed by atoms with Gasteiger partial charge in [0.15, 0.2) is 22.5 Å². The van der Waals surface area contributed by atoms with E-state index >= 15 is 0 Å². The first kappa shape index (κ1) is 87.4. The van der Waals surface area contributed by atoms with Gasteiger partial charge in [-0.2, -0.15) is 20.2 Å². The van der Waals surface area contributed by atoms with E-state index in [-0.39, 0.29) is 49.9 Å². The number of halogens is 4. The normalized spacial score (nSPS) is 12.9. The Morgan fingerprint density at radius 2 is 1.04 bits per heavy atom. The molecule has 1 aromatic carbocycles. The highest BCUT2D eigenvalue weighted by Gasteiger charge is 2.48. The minimum Gasteiger partial charge on any atom is -0.497 e. The van der Waals surface area contributed by atoms with Crippen molar-refractivity contribution in [2.75, 3.05) is 60.0 Å². The molecule has 0 spiro atoms. The topological polar surface area (TPSA) is 577 Å². The van der Waals surface area contributed by atoms with Crippen molar-refractivity contribution in [3.8, 4) is 5.75 Å². The monoisotopic (exact) mass is 1490 g/mol. The van der Waals surface area contributed by atoms with Crippen molar-refractivity contribution in [2.45, 2.75) is 111 Å². The fourth-order valence-corrected chi connectivity index (χ4v) is 8.27. The molecule has 0 aliphatic carbocycles. The standard InChI is InChI=1S/C15H15ClN4O2.C9H15N3O5.C8H9Cl2N3O2.C8H11N3O4.C8H12O5.C7H7ClN4O.CH5N3O/c1-15(2)11-12(17-14(16)19-18-11)20(13(15)21)8-9-4-6-10(22-3)7-5-9;1-9(2,7(14)17-4)5(6(13)16-3)11-12-8(10)15;1-8(2,6(14)15-3)4-5(9)11-7(10)13-12-4;1-8(2,6(13)15-3)4-5(12)9-7(14)11-10-4;1-8(2,7(11)13-4)5(9)6(10)12-3;1-7(2)3-4(9-5(7)13)10-6(8)12-11-3;2-1(5)4-3/h4-7H,8H2,1-3H3;1-4H3,(H3,10,12,15);1-3H3;1-3H3,(H2,9,11,12,14);1-4H3;1-2H3,(H,9,10,12,13);3H2,(H3,2,4,5)/b;11-5+;;;;;. The van der Waals surface area contributed by atoms with Gasteiger partial charge in [0.05, 0.1) is 67.1 Å². The SMILES string of the molecule is CC1(C)C(=O)Nc2nc(Cl)nnc21.COC(=O)/C(=N\NC(N)=O)C(C)(C)C(=O)OC.COC(=O)C(=O)C(C)(C)C(=O)OC.COC(=O)C(C)(C)c1n[nH]c(=O)[nH]c1=O.COC(=O)C(C)(C)c1nnc(Cl)nc1Cl.COc1ccc(CN2C(=O)C(C)(C)c3nnc(Cl)nc32)cc1.NNC(N)=O. The van der Waals surface area contributed by atoms with Crippen LogP contribution in [0.25, 0.3) is 0 Å². The smallest absolute Gasteiger partial charge is 0.375 e. The third kappa shape index (κ3) is 23.0. The fraction of sp³-hybridized carbons (Fsp3) is 0.464. The molecule has 44 heteroatoms. The first-order valence-corrected chi connectivity index (χ1v) is 29.4. The van der Waals surface area contributed by atoms with Gasteiger partial charge in [0.25, 0.3) is 11.3 Å². The molecule has 0 unspecified atom stereocenters. The summed E-state index contributed by atoms with van der Waals surface area (Å²) in [4.78, 5) is 160. The van der Waals surface area contributed by atoms with E-state index in [9.17, 15) is 62.3 Å². The summed E-state index contributed by atoms with van der Waals surface area (Å²) in [5, 5.41) is 34.2. The lowest BCUT2D eigenvalue weighted by Gasteiger charge is -2.21. The molecule has 0 saturated heterocycles. The van der Waals surface area contributed by atoms with Crippen LogP contribution < -0.4 is 54.4 Å². The summed E-state index contributed by atoms with van der Waals surface area (Å²) in [7, 11) is 8.62. The van der Waals surface area contributed by atoms with Crippen LogP contribution in [0.4, 0.5) is 21.2 Å². The molecule has 2 aliphatic heterocycles. The maximum atomic E-state index is 12.7. The Balaban J connectivity index is 0.000000597. The van der Waals surface area contributed by atoms with Crippen molar-refractivity contribution in [2.24, 2.45) is 33.2 Å². The van der Waals surface area contributed by atoms with Crippen LogP contribution in [0, 0.1) is 10.8 Å². The number of hydrogen-bond donors (Lipinski definition) is 8. The van der Waals surface area contributed by atoms with Crippen LogP contribution in [0.15, 0.2) is 39.0 Å². The molecule has 2 aliphatic rings. The Hall–Kier alpha value is -10.6. The number of nitrogens with zero attached hydrogens (tertiary/aromatic N) is 12. The highest BCUT2D eigenvalue weighted by Crippen LogP contribution is 2.40. The first-order valence-electron chi connectivity index (χ1n) is 27.9. The predicted molar refractivity (Wildman–Crippen MR) is 352 cm³/mol. The van der Waals surface area contributed by atoms with Gasteiger partial charge in [0.1, 0.15) is 50.2 Å². The third-order valence-corrected chi connectivity index (χ3v) is 14.2. The van der Waals surface area contributed by atoms with Crippen molar-refractivity contribution in [3.05, 3.63) is 94.4 Å². The number of nitrogens with two attached hydrogens (primary N) is 3. The molecule has 0 atom stereocenters. The number of nitrogens with one attached hydrogen (secondary N) is 5. The Kier molecular flexibility index (Phi) is 32.7. The molecule has 0 fully saturated rings. The number of urea groups is 2. The summed E-state index contributed by atoms with van der Waals surface area (Å²) < 4.78 is 31.8. The minimum absolute atomic E-state index is 0.0315. The van der Waals surface area contributed by atoms with Gasteiger partial charge in [0.2, 0.25) is 27.7 Å². The lowest BCUT2D eigenvalue weighted by molar-refractivity contribution is -0.164. The summed E-state index contributed by atoms with van der Waals surface area (Å²) in [6.45, 7) is 19.1. The number of aromatic nitrogens is 12. The zero-order valence-corrected chi connectivity index (χ0v) is 60.3. The number of carbonyl (C=O) groups is 11. The zero-order chi connectivity index (χ0) is 77.4. The fourth-order valence-electron chi connectivity index (χ4n) is 7.51. The second kappa shape index (κ2) is 37.4. The predicted octanol–water partition coefficient (Wildman–Crippen LogP) is 1.49. The van der Waals surface area contributed by atoms with E-state index in [0.29, 0.717) is 29.6 Å². The summed E-state index contributed by atoms with van der Waals surface area (Å²) in [6.07, 6.45) is 0. The summed E-state index contributed by atoms with van der Waals surface area (Å²) in [6, 6.07) is 5.85. The molecule has 40 nitrogen and oxygen atoms in total. The van der Waals surface area contributed by atoms with E-state index in [0.717, 1.165) is 32.6 Å². The number of esters is 6. The maximum Gasteiger partial charge on any atom is 0.375 e. The van der Waals surface area contributed by atoms with Crippen LogP contribution in [-0.2, 0) is 99.8 Å². The van der Waals surface area contributed by atoms with E-state index < -0.39 is 97.4 Å². The lowest BCUT2D eigenvalue weighted by atomic mass is 9.87. The van der Waals surface area contributed by atoms with Crippen molar-refractivity contribution >= 4 is 129 Å². The van der Waals surface area contributed by atoms with Gasteiger partial charge < -0.3 is 49.9 Å². The number of hydrazine groups is 1. The number of H-pyrrole nitrogens is 2. The average molecular weight is 1490 g/mol. The molecule has 11 N–H and O–H groups in total. The summed E-state index contributed by atoms with van der Waals surface area (Å²) in [5.41, 5.74) is 6.75. The van der Waals surface area contributed by atoms with Gasteiger partial charge in [-0.3, -0.25) is 53.7 Å². The van der Waals surface area contributed by atoms with Gasteiger partial charge in [-0.1, -0.05) is 23.7 Å². The van der Waals surface area contributed by atoms with E-state index in [1.54, 1.807) is 45.1 Å². The number of Topliss-reactive ketones (excluding diaryl/α,β-unsaturated/α-hetero) is 1. The zero-order valence-electron chi connectivity index (χ0n) is 57.3. The van der Waals surface area contributed by atoms with E-state index in [2.05, 4.69) is 106 Å². The molecule has 6 heterocycles. The van der Waals surface area contributed by atoms with Gasteiger partial charge in [-0.25, -0.2) is 45.3 Å². The molecule has 0 saturated carbocycles. The van der Waals surface area contributed by atoms with Crippen LogP contribution in [-0.4, -0.2) is 182 Å². The number of carbonyl (C=O) groups excluding carboxylic acids is 11. The van der Waals surface area contributed by atoms with Gasteiger partial charge in [-0.05, 0) is 136 Å². The number of benzene rings is 1. The van der Waals surface area contributed by atoms with Crippen molar-refractivity contribution in [1.82, 2.24) is 71.6 Å². The number of amides is 6. The quantitative estimate of drug-likeness (QED) is 0.0114. The van der Waals surface area contributed by atoms with E-state index in [1.165, 1.54) is 62.9 Å². The number of primary amides is 2. The maximum absolute atomic E-state index is 12.7. The highest BCUT2D eigenvalue weighted by atomic mass is 35.5. The first-order chi connectivity index (χ1) is 46.1. The van der Waals surface area contributed by atoms with Gasteiger partial charge in [-0.15, -0.1) is 30.6 Å². The second-order valence-corrected chi connectivity index (χ2v) is 24.1. The Labute approximate surface area is 588 Å². The number of methoxy groups -OCH3 is 7. The number of ether oxygens (including phenoxy) is 7. The van der Waals surface area contributed by atoms with Crippen LogP contribution in [0.2, 0.25) is 21.0 Å². The van der Waals surface area contributed by atoms with Gasteiger partial charge in [0, 0.05) is 0 Å². The molecule has 6 amide bonds. The van der Waals surface area contributed by atoms with E-state index in [1.807, 2.05) is 48.5 Å². The number of anilines is 2. The van der Waals surface area contributed by atoms with Crippen LogP contribution >= 0.6 is 46.4 Å². The Morgan fingerprint density at radius 3 is 1.49 bits per heavy atom. The summed E-state index contributed by atoms with van der Waals surface area (Å²) >= 11 is 22.7. The van der Waals surface area contributed by atoms with Crippen molar-refractivity contribution < 1.29 is 85.9 Å².